The summed E-state index contributed by atoms with van der Waals surface area (Å²) in [6, 6.07) is 15.4. The molecule has 0 spiro atoms. The normalized spacial score (nSPS) is 10.3. The zero-order chi connectivity index (χ0) is 10.8. The van der Waals surface area contributed by atoms with Gasteiger partial charge < -0.3 is 0 Å². The Labute approximate surface area is 91.6 Å². The van der Waals surface area contributed by atoms with Gasteiger partial charge in [0.1, 0.15) is 0 Å². The molecule has 0 fully saturated rings. The van der Waals surface area contributed by atoms with Crippen LogP contribution in [0, 0.1) is 20.8 Å². The number of benzene rings is 2. The minimum atomic E-state index is 1.30. The molecule has 2 aromatic rings. The molecule has 0 saturated carbocycles. The third kappa shape index (κ3) is 2.27. The van der Waals surface area contributed by atoms with Crippen molar-refractivity contribution in [2.24, 2.45) is 0 Å². The fourth-order valence-electron chi connectivity index (χ4n) is 1.89. The van der Waals surface area contributed by atoms with Crippen molar-refractivity contribution in [1.82, 2.24) is 0 Å². The van der Waals surface area contributed by atoms with E-state index in [1.54, 1.807) is 0 Å². The van der Waals surface area contributed by atoms with Gasteiger partial charge in [0.25, 0.3) is 0 Å². The molecule has 0 unspecified atom stereocenters. The molecule has 15 heavy (non-hydrogen) atoms. The fourth-order valence-corrected chi connectivity index (χ4v) is 1.89. The van der Waals surface area contributed by atoms with Crippen molar-refractivity contribution in [2.75, 3.05) is 0 Å². The van der Waals surface area contributed by atoms with E-state index in [9.17, 15) is 0 Å². The average molecular weight is 196 g/mol. The summed E-state index contributed by atoms with van der Waals surface area (Å²) in [4.78, 5) is 0. The first-order chi connectivity index (χ1) is 7.15. The van der Waals surface area contributed by atoms with Crippen molar-refractivity contribution in [2.45, 2.75) is 20.8 Å². The molecular formula is C15H16. The summed E-state index contributed by atoms with van der Waals surface area (Å²) in [6.45, 7) is 6.40. The van der Waals surface area contributed by atoms with E-state index in [0.717, 1.165) is 0 Å². The monoisotopic (exact) mass is 196 g/mol. The minimum absolute atomic E-state index is 1.30. The van der Waals surface area contributed by atoms with Crippen molar-refractivity contribution >= 4 is 0 Å². The number of hydrogen-bond donors (Lipinski definition) is 0. The molecule has 0 atom stereocenters. The van der Waals surface area contributed by atoms with Crippen LogP contribution in [-0.2, 0) is 0 Å². The Kier molecular flexibility index (Phi) is 2.59. The van der Waals surface area contributed by atoms with Gasteiger partial charge in [0.2, 0.25) is 0 Å². The Morgan fingerprint density at radius 1 is 0.533 bits per heavy atom. The second-order valence-corrected chi connectivity index (χ2v) is 4.24. The zero-order valence-corrected chi connectivity index (χ0v) is 9.54. The van der Waals surface area contributed by atoms with Gasteiger partial charge >= 0.3 is 0 Å². The Morgan fingerprint density at radius 3 is 1.60 bits per heavy atom. The van der Waals surface area contributed by atoms with Gasteiger partial charge in [-0.15, -0.1) is 0 Å². The average Bonchev–Trinajstić information content (AvgIpc) is 2.17. The highest BCUT2D eigenvalue weighted by molar-refractivity contribution is 5.65. The Bertz CT molecular complexity index is 444. The standard InChI is InChI=1S/C15H16/c1-11-4-6-14(7-5-11)15-9-12(2)8-13(3)10-15/h4-10H,1-3H3. The van der Waals surface area contributed by atoms with E-state index in [4.69, 9.17) is 0 Å². The highest BCUT2D eigenvalue weighted by atomic mass is 14.0. The second kappa shape index (κ2) is 3.90. The van der Waals surface area contributed by atoms with Crippen molar-refractivity contribution < 1.29 is 0 Å². The Balaban J connectivity index is 2.49. The van der Waals surface area contributed by atoms with Crippen LogP contribution in [0.4, 0.5) is 0 Å². The number of aryl methyl sites for hydroxylation is 3. The van der Waals surface area contributed by atoms with Gasteiger partial charge in [0.15, 0.2) is 0 Å². The molecule has 0 aromatic heterocycles. The van der Waals surface area contributed by atoms with Crippen LogP contribution < -0.4 is 0 Å². The molecule has 0 nitrogen and oxygen atoms in total. The number of hydrogen-bond acceptors (Lipinski definition) is 0. The molecule has 2 rings (SSSR count). The molecule has 0 aliphatic carbocycles. The third-order valence-corrected chi connectivity index (χ3v) is 2.61. The quantitative estimate of drug-likeness (QED) is 0.638. The highest BCUT2D eigenvalue weighted by Crippen LogP contribution is 2.22. The summed E-state index contributed by atoms with van der Waals surface area (Å²) in [5.74, 6) is 0. The SMILES string of the molecule is Cc1ccc(-c2cc(C)cc(C)c2)cc1. The van der Waals surface area contributed by atoms with E-state index >= 15 is 0 Å². The summed E-state index contributed by atoms with van der Waals surface area (Å²) in [5, 5.41) is 0. The van der Waals surface area contributed by atoms with Crippen molar-refractivity contribution in [3.05, 3.63) is 59.2 Å². The van der Waals surface area contributed by atoms with E-state index in [-0.39, 0.29) is 0 Å². The predicted octanol–water partition coefficient (Wildman–Crippen LogP) is 4.28. The van der Waals surface area contributed by atoms with Crippen LogP contribution in [0.5, 0.6) is 0 Å². The van der Waals surface area contributed by atoms with Crippen LogP contribution in [0.25, 0.3) is 11.1 Å². The summed E-state index contributed by atoms with van der Waals surface area (Å²) >= 11 is 0. The van der Waals surface area contributed by atoms with Crippen LogP contribution in [0.1, 0.15) is 16.7 Å². The molecule has 0 bridgehead atoms. The molecule has 0 heterocycles. The van der Waals surface area contributed by atoms with E-state index < -0.39 is 0 Å². The van der Waals surface area contributed by atoms with Gasteiger partial charge in [0.05, 0.1) is 0 Å². The van der Waals surface area contributed by atoms with Crippen molar-refractivity contribution in [1.29, 1.82) is 0 Å². The lowest BCUT2D eigenvalue weighted by atomic mass is 10.00. The molecular weight excluding hydrogens is 180 g/mol. The summed E-state index contributed by atoms with van der Waals surface area (Å²) in [6.07, 6.45) is 0. The van der Waals surface area contributed by atoms with Gasteiger partial charge in [-0.3, -0.25) is 0 Å². The first-order valence-electron chi connectivity index (χ1n) is 5.30. The summed E-state index contributed by atoms with van der Waals surface area (Å²) in [7, 11) is 0. The predicted molar refractivity (Wildman–Crippen MR) is 66.1 cm³/mol. The number of rotatable bonds is 1. The second-order valence-electron chi connectivity index (χ2n) is 4.24. The Hall–Kier alpha value is -1.56. The minimum Gasteiger partial charge on any atom is -0.0587 e. The van der Waals surface area contributed by atoms with Crippen LogP contribution in [0.2, 0.25) is 0 Å². The maximum Gasteiger partial charge on any atom is -0.0179 e. The van der Waals surface area contributed by atoms with Crippen molar-refractivity contribution in [3.63, 3.8) is 0 Å². The lowest BCUT2D eigenvalue weighted by Crippen LogP contribution is -1.82. The molecule has 0 aliphatic rings. The van der Waals surface area contributed by atoms with Gasteiger partial charge in [-0.25, -0.2) is 0 Å². The maximum absolute atomic E-state index is 2.23. The molecule has 0 N–H and O–H groups in total. The topological polar surface area (TPSA) is 0 Å². The van der Waals surface area contributed by atoms with Gasteiger partial charge in [0, 0.05) is 0 Å². The van der Waals surface area contributed by atoms with E-state index in [1.807, 2.05) is 0 Å². The fraction of sp³-hybridized carbons (Fsp3) is 0.200. The lowest BCUT2D eigenvalue weighted by molar-refractivity contribution is 1.38. The zero-order valence-electron chi connectivity index (χ0n) is 9.54. The Morgan fingerprint density at radius 2 is 1.07 bits per heavy atom. The summed E-state index contributed by atoms with van der Waals surface area (Å²) < 4.78 is 0. The third-order valence-electron chi connectivity index (χ3n) is 2.61. The molecule has 0 heteroatoms. The molecule has 0 saturated heterocycles. The van der Waals surface area contributed by atoms with Gasteiger partial charge in [-0.2, -0.15) is 0 Å². The highest BCUT2D eigenvalue weighted by Gasteiger charge is 1.98. The molecule has 76 valence electrons. The smallest absolute Gasteiger partial charge is 0.0179 e. The van der Waals surface area contributed by atoms with Crippen LogP contribution in [0.3, 0.4) is 0 Å². The van der Waals surface area contributed by atoms with Crippen LogP contribution >= 0.6 is 0 Å². The molecule has 0 radical (unpaired) electrons. The van der Waals surface area contributed by atoms with E-state index in [1.165, 1.54) is 27.8 Å². The summed E-state index contributed by atoms with van der Waals surface area (Å²) in [5.41, 5.74) is 6.57. The van der Waals surface area contributed by atoms with Crippen LogP contribution in [-0.4, -0.2) is 0 Å². The van der Waals surface area contributed by atoms with Gasteiger partial charge in [-0.05, 0) is 31.9 Å². The van der Waals surface area contributed by atoms with Gasteiger partial charge in [-0.1, -0.05) is 59.2 Å². The van der Waals surface area contributed by atoms with Crippen molar-refractivity contribution in [3.8, 4) is 11.1 Å². The molecule has 2 aromatic carbocycles. The van der Waals surface area contributed by atoms with Crippen LogP contribution in [0.15, 0.2) is 42.5 Å². The molecule has 0 amide bonds. The van der Waals surface area contributed by atoms with E-state index in [0.29, 0.717) is 0 Å². The first kappa shape index (κ1) is 9.97. The maximum atomic E-state index is 2.23. The lowest BCUT2D eigenvalue weighted by Gasteiger charge is -2.05. The molecule has 0 aliphatic heterocycles. The largest absolute Gasteiger partial charge is 0.0587 e. The first-order valence-corrected chi connectivity index (χ1v) is 5.30. The van der Waals surface area contributed by atoms with E-state index in [2.05, 4.69) is 63.2 Å².